The van der Waals surface area contributed by atoms with Crippen LogP contribution in [0.15, 0.2) is 0 Å². The van der Waals surface area contributed by atoms with Gasteiger partial charge in [-0.2, -0.15) is 0 Å². The average Bonchev–Trinajstić information content (AvgIpc) is 2.43. The molecule has 0 aromatic rings. The summed E-state index contributed by atoms with van der Waals surface area (Å²) in [6, 6.07) is -1.23. The zero-order valence-electron chi connectivity index (χ0n) is 13.6. The van der Waals surface area contributed by atoms with Crippen LogP contribution < -0.4 is 16.4 Å². The number of amides is 2. The van der Waals surface area contributed by atoms with Gasteiger partial charge in [-0.3, -0.25) is 14.4 Å². The number of aliphatic carboxylic acids is 1. The molecule has 22 heavy (non-hydrogen) atoms. The first kappa shape index (κ1) is 20.4. The summed E-state index contributed by atoms with van der Waals surface area (Å²) in [5, 5.41) is 14.3. The molecule has 2 unspecified atom stereocenters. The number of rotatable bonds is 13. The molecule has 0 heterocycles. The van der Waals surface area contributed by atoms with Gasteiger partial charge in [0.25, 0.3) is 0 Å². The molecule has 0 aliphatic heterocycles. The second-order valence-corrected chi connectivity index (χ2v) is 5.57. The van der Waals surface area contributed by atoms with Gasteiger partial charge in [-0.05, 0) is 13.3 Å². The highest BCUT2D eigenvalue weighted by Crippen LogP contribution is 2.05. The molecule has 5 N–H and O–H groups in total. The van der Waals surface area contributed by atoms with Crippen LogP contribution in [0.4, 0.5) is 0 Å². The predicted molar refractivity (Wildman–Crippen MR) is 84.2 cm³/mol. The molecule has 2 atom stereocenters. The minimum absolute atomic E-state index is 0.0130. The molecular weight excluding hydrogens is 286 g/mol. The Morgan fingerprint density at radius 1 is 1.14 bits per heavy atom. The van der Waals surface area contributed by atoms with Gasteiger partial charge in [0.15, 0.2) is 0 Å². The quantitative estimate of drug-likeness (QED) is 0.374. The van der Waals surface area contributed by atoms with Crippen molar-refractivity contribution in [3.63, 3.8) is 0 Å². The number of hydrogen-bond donors (Lipinski definition) is 4. The van der Waals surface area contributed by atoms with E-state index in [-0.39, 0.29) is 18.9 Å². The van der Waals surface area contributed by atoms with E-state index in [1.807, 2.05) is 0 Å². The second-order valence-electron chi connectivity index (χ2n) is 5.57. The summed E-state index contributed by atoms with van der Waals surface area (Å²) in [6.07, 6.45) is 5.66. The maximum atomic E-state index is 11.8. The van der Waals surface area contributed by atoms with Gasteiger partial charge in [-0.15, -0.1) is 0 Å². The molecule has 0 saturated carbocycles. The third kappa shape index (κ3) is 11.1. The SMILES string of the molecule is CCCCCCCC(=O)NC(CNC(C)C(=O)O)CC(N)=O. The van der Waals surface area contributed by atoms with Crippen molar-refractivity contribution in [2.45, 2.75) is 70.9 Å². The molecule has 0 radical (unpaired) electrons. The lowest BCUT2D eigenvalue weighted by molar-refractivity contribution is -0.139. The molecule has 0 fully saturated rings. The van der Waals surface area contributed by atoms with E-state index in [0.717, 1.165) is 25.7 Å². The van der Waals surface area contributed by atoms with Crippen molar-refractivity contribution in [3.8, 4) is 0 Å². The molecule has 0 aliphatic rings. The molecule has 0 aromatic carbocycles. The Bertz CT molecular complexity index is 361. The van der Waals surface area contributed by atoms with Crippen molar-refractivity contribution in [1.82, 2.24) is 10.6 Å². The molecule has 0 aliphatic carbocycles. The summed E-state index contributed by atoms with van der Waals surface area (Å²) < 4.78 is 0. The number of nitrogens with two attached hydrogens (primary N) is 1. The monoisotopic (exact) mass is 315 g/mol. The van der Waals surface area contributed by atoms with E-state index in [9.17, 15) is 14.4 Å². The highest BCUT2D eigenvalue weighted by atomic mass is 16.4. The third-order valence-electron chi connectivity index (χ3n) is 3.36. The van der Waals surface area contributed by atoms with Crippen molar-refractivity contribution >= 4 is 17.8 Å². The van der Waals surface area contributed by atoms with Crippen LogP contribution in [0.3, 0.4) is 0 Å². The number of carbonyl (C=O) groups excluding carboxylic acids is 2. The maximum Gasteiger partial charge on any atom is 0.320 e. The standard InChI is InChI=1S/C15H29N3O4/c1-3-4-5-6-7-8-14(20)18-12(9-13(16)19)10-17-11(2)15(21)22/h11-12,17H,3-10H2,1-2H3,(H2,16,19)(H,18,20)(H,21,22). The fraction of sp³-hybridized carbons (Fsp3) is 0.800. The van der Waals surface area contributed by atoms with Crippen LogP contribution in [-0.4, -0.2) is 41.5 Å². The van der Waals surface area contributed by atoms with E-state index in [4.69, 9.17) is 10.8 Å². The fourth-order valence-electron chi connectivity index (χ4n) is 2.01. The molecule has 2 amide bonds. The number of carboxylic acids is 1. The lowest BCUT2D eigenvalue weighted by Gasteiger charge is -2.19. The summed E-state index contributed by atoms with van der Waals surface area (Å²) >= 11 is 0. The molecule has 0 spiro atoms. The number of carboxylic acid groups (broad SMARTS) is 1. The Hall–Kier alpha value is -1.63. The van der Waals surface area contributed by atoms with Gasteiger partial charge in [0, 0.05) is 19.4 Å². The lowest BCUT2D eigenvalue weighted by Crippen LogP contribution is -2.47. The number of unbranched alkanes of at least 4 members (excludes halogenated alkanes) is 4. The average molecular weight is 315 g/mol. The summed E-state index contributed by atoms with van der Waals surface area (Å²) in [4.78, 5) is 33.6. The number of hydrogen-bond acceptors (Lipinski definition) is 4. The summed E-state index contributed by atoms with van der Waals surface area (Å²) in [5.41, 5.74) is 5.16. The number of carbonyl (C=O) groups is 3. The molecule has 0 saturated heterocycles. The minimum Gasteiger partial charge on any atom is -0.480 e. The Balaban J connectivity index is 4.13. The van der Waals surface area contributed by atoms with Gasteiger partial charge in [0.05, 0.1) is 6.04 Å². The van der Waals surface area contributed by atoms with Gasteiger partial charge in [-0.1, -0.05) is 32.6 Å². The van der Waals surface area contributed by atoms with E-state index in [1.54, 1.807) is 0 Å². The predicted octanol–water partition coefficient (Wildman–Crippen LogP) is 0.770. The maximum absolute atomic E-state index is 11.8. The highest BCUT2D eigenvalue weighted by Gasteiger charge is 2.17. The van der Waals surface area contributed by atoms with Crippen LogP contribution in [0, 0.1) is 0 Å². The Morgan fingerprint density at radius 3 is 2.32 bits per heavy atom. The molecule has 7 nitrogen and oxygen atoms in total. The van der Waals surface area contributed by atoms with E-state index >= 15 is 0 Å². The van der Waals surface area contributed by atoms with Gasteiger partial charge in [-0.25, -0.2) is 0 Å². The van der Waals surface area contributed by atoms with Gasteiger partial charge in [0.2, 0.25) is 11.8 Å². The smallest absolute Gasteiger partial charge is 0.320 e. The Kier molecular flexibility index (Phi) is 11.1. The summed E-state index contributed by atoms with van der Waals surface area (Å²) in [7, 11) is 0. The topological polar surface area (TPSA) is 122 Å². The fourth-order valence-corrected chi connectivity index (χ4v) is 2.01. The number of nitrogens with one attached hydrogen (secondary N) is 2. The molecular formula is C15H29N3O4. The largest absolute Gasteiger partial charge is 0.480 e. The molecule has 0 rings (SSSR count). The third-order valence-corrected chi connectivity index (χ3v) is 3.36. The van der Waals surface area contributed by atoms with E-state index in [1.165, 1.54) is 13.3 Å². The van der Waals surface area contributed by atoms with E-state index in [2.05, 4.69) is 17.6 Å². The van der Waals surface area contributed by atoms with E-state index < -0.39 is 24.0 Å². The first-order valence-corrected chi connectivity index (χ1v) is 7.90. The highest BCUT2D eigenvalue weighted by molar-refractivity contribution is 5.79. The van der Waals surface area contributed by atoms with E-state index in [0.29, 0.717) is 6.42 Å². The van der Waals surface area contributed by atoms with Crippen LogP contribution in [0.5, 0.6) is 0 Å². The van der Waals surface area contributed by atoms with Crippen LogP contribution in [0.2, 0.25) is 0 Å². The lowest BCUT2D eigenvalue weighted by atomic mass is 10.1. The minimum atomic E-state index is -0.986. The van der Waals surface area contributed by atoms with Gasteiger partial charge < -0.3 is 21.5 Å². The summed E-state index contributed by atoms with van der Waals surface area (Å²) in [5.74, 6) is -1.65. The van der Waals surface area contributed by atoms with Crippen LogP contribution >= 0.6 is 0 Å². The van der Waals surface area contributed by atoms with Crippen molar-refractivity contribution in [2.24, 2.45) is 5.73 Å². The van der Waals surface area contributed by atoms with Crippen LogP contribution in [-0.2, 0) is 14.4 Å². The zero-order chi connectivity index (χ0) is 17.0. The normalized spacial score (nSPS) is 13.4. The van der Waals surface area contributed by atoms with Crippen LogP contribution in [0.25, 0.3) is 0 Å². The van der Waals surface area contributed by atoms with Gasteiger partial charge in [0.1, 0.15) is 6.04 Å². The second kappa shape index (κ2) is 12.0. The number of primary amides is 1. The zero-order valence-corrected chi connectivity index (χ0v) is 13.6. The molecule has 7 heteroatoms. The van der Waals surface area contributed by atoms with Crippen LogP contribution in [0.1, 0.15) is 58.8 Å². The van der Waals surface area contributed by atoms with Crippen molar-refractivity contribution in [1.29, 1.82) is 0 Å². The summed E-state index contributed by atoms with van der Waals surface area (Å²) in [6.45, 7) is 3.82. The Morgan fingerprint density at radius 2 is 1.77 bits per heavy atom. The molecule has 128 valence electrons. The van der Waals surface area contributed by atoms with Gasteiger partial charge >= 0.3 is 5.97 Å². The first-order valence-electron chi connectivity index (χ1n) is 7.90. The van der Waals surface area contributed by atoms with Crippen molar-refractivity contribution < 1.29 is 19.5 Å². The molecule has 0 bridgehead atoms. The molecule has 0 aromatic heterocycles. The first-order chi connectivity index (χ1) is 10.4. The van der Waals surface area contributed by atoms with Crippen molar-refractivity contribution in [3.05, 3.63) is 0 Å². The van der Waals surface area contributed by atoms with Crippen molar-refractivity contribution in [2.75, 3.05) is 6.54 Å². The Labute approximate surface area is 132 Å².